The van der Waals surface area contributed by atoms with E-state index in [1.165, 1.54) is 6.08 Å². The van der Waals surface area contributed by atoms with Crippen LogP contribution >= 0.6 is 11.6 Å². The summed E-state index contributed by atoms with van der Waals surface area (Å²) < 4.78 is 17.1. The second-order valence-corrected chi connectivity index (χ2v) is 5.43. The Bertz CT molecular complexity index is 603. The molecule has 0 bridgehead atoms. The average Bonchev–Trinajstić information content (AvgIpc) is 2.90. The summed E-state index contributed by atoms with van der Waals surface area (Å²) in [6.45, 7) is 6.86. The quantitative estimate of drug-likeness (QED) is 0.840. The van der Waals surface area contributed by atoms with Gasteiger partial charge in [0.15, 0.2) is 5.79 Å². The lowest BCUT2D eigenvalue weighted by atomic mass is 9.97. The minimum atomic E-state index is -1.04. The molecule has 0 spiro atoms. The molecule has 0 aromatic heterocycles. The van der Waals surface area contributed by atoms with E-state index in [1.807, 2.05) is 13.8 Å². The van der Waals surface area contributed by atoms with Crippen LogP contribution in [0.1, 0.15) is 30.5 Å². The van der Waals surface area contributed by atoms with Gasteiger partial charge in [-0.15, -0.1) is 0 Å². The van der Waals surface area contributed by atoms with Crippen molar-refractivity contribution in [3.63, 3.8) is 0 Å². The number of carbonyl (C=O) groups is 1. The lowest BCUT2D eigenvalue weighted by Gasteiger charge is -2.27. The van der Waals surface area contributed by atoms with Crippen molar-refractivity contribution in [1.29, 1.82) is 0 Å². The molecule has 0 saturated carbocycles. The molecule has 0 atom stereocenters. The van der Waals surface area contributed by atoms with E-state index in [0.717, 1.165) is 11.6 Å². The molecule has 1 heterocycles. The largest absolute Gasteiger partial charge is 0.493 e. The molecule has 5 nitrogen and oxygen atoms in total. The molecule has 0 aliphatic carbocycles. The maximum Gasteiger partial charge on any atom is 0.328 e. The normalized spacial score (nSPS) is 17.1. The second-order valence-electron chi connectivity index (χ2n) is 5.02. The van der Waals surface area contributed by atoms with E-state index in [4.69, 9.17) is 30.9 Å². The standard InChI is InChI=1S/C16H19ClO5/c1-4-20-15-11(5-6-14(18)19)10(2)13(17)9-12(15)16(3)21-7-8-22-16/h5-6,9H,4,7-8H2,1-3H3,(H,18,19)/b6-5+. The molecule has 1 aromatic rings. The first-order valence-corrected chi connectivity index (χ1v) is 7.42. The van der Waals surface area contributed by atoms with Gasteiger partial charge in [0, 0.05) is 16.7 Å². The number of benzene rings is 1. The Morgan fingerprint density at radius 3 is 2.68 bits per heavy atom. The Morgan fingerprint density at radius 1 is 1.50 bits per heavy atom. The highest BCUT2D eigenvalue weighted by Gasteiger charge is 2.37. The van der Waals surface area contributed by atoms with Gasteiger partial charge in [-0.3, -0.25) is 0 Å². The number of halogens is 1. The summed E-state index contributed by atoms with van der Waals surface area (Å²) in [5, 5.41) is 9.38. The van der Waals surface area contributed by atoms with Crippen LogP contribution in [0.5, 0.6) is 5.75 Å². The first-order chi connectivity index (χ1) is 10.4. The van der Waals surface area contributed by atoms with E-state index in [9.17, 15) is 4.79 Å². The summed E-state index contributed by atoms with van der Waals surface area (Å²) in [6, 6.07) is 1.76. The van der Waals surface area contributed by atoms with Crippen LogP contribution in [0.15, 0.2) is 12.1 Å². The summed E-state index contributed by atoms with van der Waals surface area (Å²) in [6.07, 6.45) is 2.54. The number of carboxylic acid groups (broad SMARTS) is 1. The number of hydrogen-bond acceptors (Lipinski definition) is 4. The zero-order chi connectivity index (χ0) is 16.3. The minimum Gasteiger partial charge on any atom is -0.493 e. The van der Waals surface area contributed by atoms with Gasteiger partial charge in [-0.1, -0.05) is 11.6 Å². The highest BCUT2D eigenvalue weighted by atomic mass is 35.5. The van der Waals surface area contributed by atoms with Crippen LogP contribution in [0.2, 0.25) is 5.02 Å². The van der Waals surface area contributed by atoms with E-state index in [2.05, 4.69) is 0 Å². The van der Waals surface area contributed by atoms with Crippen molar-refractivity contribution in [1.82, 2.24) is 0 Å². The average molecular weight is 327 g/mol. The fourth-order valence-electron chi connectivity index (χ4n) is 2.41. The maximum atomic E-state index is 10.8. The summed E-state index contributed by atoms with van der Waals surface area (Å²) in [7, 11) is 0. The van der Waals surface area contributed by atoms with Crippen molar-refractivity contribution >= 4 is 23.6 Å². The molecule has 22 heavy (non-hydrogen) atoms. The molecule has 1 aliphatic heterocycles. The molecule has 1 fully saturated rings. The highest BCUT2D eigenvalue weighted by molar-refractivity contribution is 6.31. The molecule has 1 saturated heterocycles. The fraction of sp³-hybridized carbons (Fsp3) is 0.438. The van der Waals surface area contributed by atoms with Gasteiger partial charge in [0.25, 0.3) is 0 Å². The molecular weight excluding hydrogens is 308 g/mol. The molecule has 120 valence electrons. The molecular formula is C16H19ClO5. The first-order valence-electron chi connectivity index (χ1n) is 7.04. The third-order valence-corrected chi connectivity index (χ3v) is 3.92. The van der Waals surface area contributed by atoms with E-state index in [-0.39, 0.29) is 0 Å². The molecule has 0 radical (unpaired) electrons. The molecule has 6 heteroatoms. The Hall–Kier alpha value is -1.56. The Balaban J connectivity index is 2.65. The zero-order valence-electron chi connectivity index (χ0n) is 12.8. The van der Waals surface area contributed by atoms with Crippen molar-refractivity contribution in [3.05, 3.63) is 33.9 Å². The van der Waals surface area contributed by atoms with Crippen molar-refractivity contribution in [2.24, 2.45) is 0 Å². The van der Waals surface area contributed by atoms with Crippen LogP contribution in [-0.2, 0) is 20.1 Å². The predicted octanol–water partition coefficient (Wildman–Crippen LogP) is 3.36. The van der Waals surface area contributed by atoms with Gasteiger partial charge in [0.2, 0.25) is 0 Å². The molecule has 1 aromatic carbocycles. The van der Waals surface area contributed by atoms with Gasteiger partial charge < -0.3 is 19.3 Å². The van der Waals surface area contributed by atoms with Gasteiger partial charge in [-0.05, 0) is 38.5 Å². The van der Waals surface area contributed by atoms with Gasteiger partial charge in [-0.2, -0.15) is 0 Å². The van der Waals surface area contributed by atoms with Crippen LogP contribution in [0, 0.1) is 6.92 Å². The number of ether oxygens (including phenoxy) is 3. The SMILES string of the molecule is CCOc1c(C2(C)OCCO2)cc(Cl)c(C)c1/C=C/C(=O)O. The van der Waals surface area contributed by atoms with Crippen LogP contribution < -0.4 is 4.74 Å². The topological polar surface area (TPSA) is 65.0 Å². The van der Waals surface area contributed by atoms with Crippen molar-refractivity contribution < 1.29 is 24.1 Å². The van der Waals surface area contributed by atoms with Gasteiger partial charge in [-0.25, -0.2) is 4.79 Å². The molecule has 0 amide bonds. The lowest BCUT2D eigenvalue weighted by Crippen LogP contribution is -2.24. The van der Waals surface area contributed by atoms with Gasteiger partial charge >= 0.3 is 5.97 Å². The number of carboxylic acids is 1. The van der Waals surface area contributed by atoms with E-state index in [1.54, 1.807) is 13.0 Å². The molecule has 2 rings (SSSR count). The predicted molar refractivity (Wildman–Crippen MR) is 83.3 cm³/mol. The summed E-state index contributed by atoms with van der Waals surface area (Å²) in [5.74, 6) is -1.46. The van der Waals surface area contributed by atoms with E-state index in [0.29, 0.717) is 41.7 Å². The highest BCUT2D eigenvalue weighted by Crippen LogP contribution is 2.42. The second kappa shape index (κ2) is 6.69. The van der Waals surface area contributed by atoms with Crippen molar-refractivity contribution in [2.45, 2.75) is 26.6 Å². The maximum absolute atomic E-state index is 10.8. The van der Waals surface area contributed by atoms with Crippen LogP contribution in [-0.4, -0.2) is 30.9 Å². The third kappa shape index (κ3) is 3.27. The Labute approximate surface area is 134 Å². The van der Waals surface area contributed by atoms with Crippen LogP contribution in [0.4, 0.5) is 0 Å². The van der Waals surface area contributed by atoms with Crippen LogP contribution in [0.3, 0.4) is 0 Å². The lowest BCUT2D eigenvalue weighted by molar-refractivity contribution is -0.150. The van der Waals surface area contributed by atoms with Gasteiger partial charge in [0.1, 0.15) is 5.75 Å². The Morgan fingerprint density at radius 2 is 2.14 bits per heavy atom. The smallest absolute Gasteiger partial charge is 0.328 e. The number of aliphatic carboxylic acids is 1. The van der Waals surface area contributed by atoms with Crippen LogP contribution in [0.25, 0.3) is 6.08 Å². The summed E-state index contributed by atoms with van der Waals surface area (Å²) in [5.41, 5.74) is 2.02. The fourth-order valence-corrected chi connectivity index (χ4v) is 2.62. The molecule has 0 unspecified atom stereocenters. The minimum absolute atomic E-state index is 0.429. The van der Waals surface area contributed by atoms with Crippen molar-refractivity contribution in [2.75, 3.05) is 19.8 Å². The summed E-state index contributed by atoms with van der Waals surface area (Å²) >= 11 is 6.30. The molecule has 1 aliphatic rings. The first kappa shape index (κ1) is 16.8. The summed E-state index contributed by atoms with van der Waals surface area (Å²) in [4.78, 5) is 10.8. The number of rotatable bonds is 5. The number of hydrogen-bond donors (Lipinski definition) is 1. The van der Waals surface area contributed by atoms with Crippen molar-refractivity contribution in [3.8, 4) is 5.75 Å². The van der Waals surface area contributed by atoms with Gasteiger partial charge in [0.05, 0.1) is 25.4 Å². The monoisotopic (exact) mass is 326 g/mol. The molecule has 1 N–H and O–H groups in total. The van der Waals surface area contributed by atoms with E-state index >= 15 is 0 Å². The van der Waals surface area contributed by atoms with E-state index < -0.39 is 11.8 Å². The zero-order valence-corrected chi connectivity index (χ0v) is 13.6. The Kier molecular flexibility index (Phi) is 5.11. The third-order valence-electron chi connectivity index (χ3n) is 3.53.